The van der Waals surface area contributed by atoms with E-state index >= 15 is 0 Å². The molecule has 3 aromatic carbocycles. The predicted molar refractivity (Wildman–Crippen MR) is 152 cm³/mol. The number of rotatable bonds is 11. The van der Waals surface area contributed by atoms with Crippen molar-refractivity contribution in [1.29, 1.82) is 0 Å². The zero-order valence-corrected chi connectivity index (χ0v) is 22.3. The maximum absolute atomic E-state index is 13.0. The van der Waals surface area contributed by atoms with Gasteiger partial charge >= 0.3 is 0 Å². The van der Waals surface area contributed by atoms with Gasteiger partial charge in [0.15, 0.2) is 5.13 Å². The molecule has 1 unspecified atom stereocenters. The first kappa shape index (κ1) is 26.3. The summed E-state index contributed by atoms with van der Waals surface area (Å²) in [5.74, 6) is -0.590. The highest BCUT2D eigenvalue weighted by atomic mass is 32.1. The zero-order valence-electron chi connectivity index (χ0n) is 21.5. The molecule has 1 fully saturated rings. The van der Waals surface area contributed by atoms with Crippen molar-refractivity contribution in [3.05, 3.63) is 119 Å². The SMILES string of the molecule is O=C(CN(C(=O)c1ccccc1)C1CC1)Nc1nc(CC(=O)NC(Cc2ccccc2)c2ccccc2)cs1. The van der Waals surface area contributed by atoms with Crippen molar-refractivity contribution in [2.24, 2.45) is 0 Å². The topological polar surface area (TPSA) is 91.4 Å². The molecule has 8 heteroatoms. The number of hydrogen-bond donors (Lipinski definition) is 2. The largest absolute Gasteiger partial charge is 0.349 e. The average Bonchev–Trinajstić information content (AvgIpc) is 3.72. The minimum absolute atomic E-state index is 0.0357. The summed E-state index contributed by atoms with van der Waals surface area (Å²) in [6.45, 7) is -0.0357. The van der Waals surface area contributed by atoms with Gasteiger partial charge < -0.3 is 15.5 Å². The van der Waals surface area contributed by atoms with Crippen molar-refractivity contribution >= 4 is 34.2 Å². The lowest BCUT2D eigenvalue weighted by atomic mass is 9.98. The van der Waals surface area contributed by atoms with E-state index in [2.05, 4.69) is 27.8 Å². The molecular formula is C31H30N4O3S. The minimum atomic E-state index is -0.302. The van der Waals surface area contributed by atoms with Crippen molar-refractivity contribution in [2.45, 2.75) is 37.8 Å². The first-order valence-corrected chi connectivity index (χ1v) is 13.9. The fourth-order valence-electron chi connectivity index (χ4n) is 4.46. The Kier molecular flexibility index (Phi) is 8.43. The molecule has 5 rings (SSSR count). The summed E-state index contributed by atoms with van der Waals surface area (Å²) in [7, 11) is 0. The number of carbonyl (C=O) groups excluding carboxylic acids is 3. The van der Waals surface area contributed by atoms with E-state index < -0.39 is 0 Å². The number of amides is 3. The summed E-state index contributed by atoms with van der Waals surface area (Å²) in [5, 5.41) is 8.13. The fraction of sp³-hybridized carbons (Fsp3) is 0.226. The molecule has 4 aromatic rings. The van der Waals surface area contributed by atoms with Crippen LogP contribution >= 0.6 is 11.3 Å². The minimum Gasteiger partial charge on any atom is -0.349 e. The fourth-order valence-corrected chi connectivity index (χ4v) is 5.18. The van der Waals surface area contributed by atoms with E-state index in [1.165, 1.54) is 11.3 Å². The Bertz CT molecular complexity index is 1410. The van der Waals surface area contributed by atoms with Crippen LogP contribution in [0.25, 0.3) is 0 Å². The molecule has 39 heavy (non-hydrogen) atoms. The van der Waals surface area contributed by atoms with Gasteiger partial charge in [0, 0.05) is 17.0 Å². The van der Waals surface area contributed by atoms with Gasteiger partial charge in [0.2, 0.25) is 11.8 Å². The molecule has 1 aliphatic rings. The van der Waals surface area contributed by atoms with Gasteiger partial charge in [-0.3, -0.25) is 14.4 Å². The van der Waals surface area contributed by atoms with Crippen LogP contribution in [0.5, 0.6) is 0 Å². The van der Waals surface area contributed by atoms with Crippen molar-refractivity contribution in [3.63, 3.8) is 0 Å². The van der Waals surface area contributed by atoms with E-state index in [0.29, 0.717) is 22.8 Å². The Balaban J connectivity index is 1.17. The van der Waals surface area contributed by atoms with Gasteiger partial charge in [-0.2, -0.15) is 0 Å². The third kappa shape index (κ3) is 7.39. The summed E-state index contributed by atoms with van der Waals surface area (Å²) in [6.07, 6.45) is 2.58. The first-order chi connectivity index (χ1) is 19.0. The van der Waals surface area contributed by atoms with Crippen LogP contribution in [0.15, 0.2) is 96.4 Å². The molecule has 0 bridgehead atoms. The van der Waals surface area contributed by atoms with Gasteiger partial charge in [-0.1, -0.05) is 78.9 Å². The molecule has 1 heterocycles. The molecule has 3 amide bonds. The number of nitrogens with zero attached hydrogens (tertiary/aromatic N) is 2. The summed E-state index contributed by atoms with van der Waals surface area (Å²) in [6, 6.07) is 28.9. The third-order valence-corrected chi connectivity index (χ3v) is 7.35. The van der Waals surface area contributed by atoms with Crippen LogP contribution in [0.4, 0.5) is 5.13 Å². The molecule has 0 radical (unpaired) electrons. The van der Waals surface area contributed by atoms with Gasteiger partial charge in [0.05, 0.1) is 18.2 Å². The number of anilines is 1. The van der Waals surface area contributed by atoms with E-state index in [0.717, 1.165) is 24.0 Å². The van der Waals surface area contributed by atoms with Gasteiger partial charge in [-0.25, -0.2) is 4.98 Å². The quantitative estimate of drug-likeness (QED) is 0.280. The summed E-state index contributed by atoms with van der Waals surface area (Å²) in [5.41, 5.74) is 3.32. The second kappa shape index (κ2) is 12.5. The van der Waals surface area contributed by atoms with E-state index in [9.17, 15) is 14.4 Å². The molecular weight excluding hydrogens is 508 g/mol. The molecule has 0 spiro atoms. The standard InChI is InChI=1S/C31H30N4O3S/c36-28(33-27(23-12-6-2-7-13-23)18-22-10-4-1-5-11-22)19-25-21-39-31(32-25)34-29(37)20-35(26-16-17-26)30(38)24-14-8-3-9-15-24/h1-15,21,26-27H,16-20H2,(H,33,36)(H,32,34,37). The lowest BCUT2D eigenvalue weighted by Gasteiger charge is -2.21. The van der Waals surface area contributed by atoms with Crippen molar-refractivity contribution in [2.75, 3.05) is 11.9 Å². The molecule has 0 aliphatic heterocycles. The molecule has 7 nitrogen and oxygen atoms in total. The van der Waals surface area contributed by atoms with Crippen molar-refractivity contribution in [1.82, 2.24) is 15.2 Å². The second-order valence-corrected chi connectivity index (χ2v) is 10.5. The highest BCUT2D eigenvalue weighted by Crippen LogP contribution is 2.28. The van der Waals surface area contributed by atoms with Crippen LogP contribution < -0.4 is 10.6 Å². The summed E-state index contributed by atoms with van der Waals surface area (Å²) < 4.78 is 0. The van der Waals surface area contributed by atoms with Crippen LogP contribution in [-0.4, -0.2) is 40.2 Å². The number of thiazole rings is 1. The molecule has 1 aliphatic carbocycles. The summed E-state index contributed by atoms with van der Waals surface area (Å²) >= 11 is 1.27. The number of benzene rings is 3. The highest BCUT2D eigenvalue weighted by Gasteiger charge is 2.34. The summed E-state index contributed by atoms with van der Waals surface area (Å²) in [4.78, 5) is 44.8. The molecule has 198 valence electrons. The molecule has 1 saturated carbocycles. The normalized spacial score (nSPS) is 13.3. The molecule has 2 N–H and O–H groups in total. The van der Waals surface area contributed by atoms with E-state index in [1.807, 2.05) is 66.7 Å². The van der Waals surface area contributed by atoms with Crippen molar-refractivity contribution in [3.8, 4) is 0 Å². The third-order valence-electron chi connectivity index (χ3n) is 6.54. The van der Waals surface area contributed by atoms with Crippen LogP contribution in [-0.2, 0) is 22.4 Å². The lowest BCUT2D eigenvalue weighted by Crippen LogP contribution is -2.39. The van der Waals surface area contributed by atoms with Crippen LogP contribution in [0.3, 0.4) is 0 Å². The predicted octanol–water partition coefficient (Wildman–Crippen LogP) is 5.03. The van der Waals surface area contributed by atoms with Crippen molar-refractivity contribution < 1.29 is 14.4 Å². The Morgan fingerprint density at radius 1 is 0.872 bits per heavy atom. The molecule has 1 atom stereocenters. The van der Waals surface area contributed by atoms with Gasteiger partial charge in [-0.05, 0) is 42.5 Å². The van der Waals surface area contributed by atoms with Gasteiger partial charge in [0.25, 0.3) is 5.91 Å². The van der Waals surface area contributed by atoms with E-state index in [-0.39, 0.29) is 42.8 Å². The maximum Gasteiger partial charge on any atom is 0.254 e. The first-order valence-electron chi connectivity index (χ1n) is 13.0. The number of nitrogens with one attached hydrogen (secondary N) is 2. The number of carbonyl (C=O) groups is 3. The Morgan fingerprint density at radius 2 is 1.51 bits per heavy atom. The number of aromatic nitrogens is 1. The second-order valence-electron chi connectivity index (χ2n) is 9.62. The van der Waals surface area contributed by atoms with Gasteiger partial charge in [-0.15, -0.1) is 11.3 Å². The Morgan fingerprint density at radius 3 is 2.18 bits per heavy atom. The van der Waals surface area contributed by atoms with Gasteiger partial charge in [0.1, 0.15) is 6.54 Å². The Hall–Kier alpha value is -4.30. The monoisotopic (exact) mass is 538 g/mol. The van der Waals surface area contributed by atoms with E-state index in [4.69, 9.17) is 0 Å². The van der Waals surface area contributed by atoms with E-state index in [1.54, 1.807) is 22.4 Å². The van der Waals surface area contributed by atoms with Crippen LogP contribution in [0, 0.1) is 0 Å². The average molecular weight is 539 g/mol. The van der Waals surface area contributed by atoms with Crippen LogP contribution in [0.1, 0.15) is 46.1 Å². The molecule has 0 saturated heterocycles. The lowest BCUT2D eigenvalue weighted by molar-refractivity contribution is -0.121. The zero-order chi connectivity index (χ0) is 27.0. The highest BCUT2D eigenvalue weighted by molar-refractivity contribution is 7.13. The Labute approximate surface area is 231 Å². The smallest absolute Gasteiger partial charge is 0.254 e. The molecule has 1 aromatic heterocycles. The number of hydrogen-bond acceptors (Lipinski definition) is 5. The maximum atomic E-state index is 13.0. The van der Waals surface area contributed by atoms with Crippen LogP contribution in [0.2, 0.25) is 0 Å².